The van der Waals surface area contributed by atoms with Gasteiger partial charge in [0.25, 0.3) is 0 Å². The molecule has 0 amide bonds. The summed E-state index contributed by atoms with van der Waals surface area (Å²) < 4.78 is 15.6. The summed E-state index contributed by atoms with van der Waals surface area (Å²) in [5.41, 5.74) is 12.6. The first-order valence-corrected chi connectivity index (χ1v) is 19.5. The summed E-state index contributed by atoms with van der Waals surface area (Å²) in [5, 5.41) is 18.4. The predicted octanol–water partition coefficient (Wildman–Crippen LogP) is 12.4. The van der Waals surface area contributed by atoms with Gasteiger partial charge in [-0.2, -0.15) is 0 Å². The molecule has 3 aromatic heterocycles. The molecule has 1 aliphatic heterocycles. The average Bonchev–Trinajstić information content (AvgIpc) is 3.96. The van der Waals surface area contributed by atoms with Crippen molar-refractivity contribution >= 4 is 65.7 Å². The predicted molar refractivity (Wildman–Crippen MR) is 231 cm³/mol. The number of nitrogens with one attached hydrogen (secondary N) is 3. The van der Waals surface area contributed by atoms with Crippen LogP contribution in [-0.4, -0.2) is 4.57 Å². The fraction of sp³-hybridized carbons (Fsp3) is 0.0588. The van der Waals surface area contributed by atoms with Crippen molar-refractivity contribution in [1.82, 2.24) is 20.5 Å². The van der Waals surface area contributed by atoms with Gasteiger partial charge in [-0.15, -0.1) is 0 Å². The van der Waals surface area contributed by atoms with Crippen LogP contribution in [0.25, 0.3) is 82.5 Å². The van der Waals surface area contributed by atoms with Crippen LogP contribution in [-0.2, 0) is 0 Å². The van der Waals surface area contributed by atoms with E-state index in [1.807, 2.05) is 0 Å². The van der Waals surface area contributed by atoms with Gasteiger partial charge in [0, 0.05) is 44.1 Å². The van der Waals surface area contributed by atoms with Crippen LogP contribution >= 0.6 is 0 Å². The number of aromatic nitrogens is 1. The van der Waals surface area contributed by atoms with E-state index in [0.717, 1.165) is 66.3 Å². The van der Waals surface area contributed by atoms with Crippen LogP contribution in [0, 0.1) is 0 Å². The second-order valence-electron chi connectivity index (χ2n) is 15.0. The first-order chi connectivity index (χ1) is 28.2. The van der Waals surface area contributed by atoms with E-state index in [9.17, 15) is 0 Å². The van der Waals surface area contributed by atoms with Crippen molar-refractivity contribution in [1.29, 1.82) is 0 Å². The molecule has 272 valence electrons. The SMILES string of the molecule is c1ccc(C2NC(c3ccccc3)NC(c3cccc4oc5ccc(-c6cccc7oc8cc(-n9c%10ccccc%10c%10ccccc%109)ccc8c67)cc5c34)N2)cc1. The second-order valence-corrected chi connectivity index (χ2v) is 15.0. The van der Waals surface area contributed by atoms with Crippen LogP contribution in [0.5, 0.6) is 0 Å². The Labute approximate surface area is 327 Å². The first-order valence-electron chi connectivity index (χ1n) is 19.5. The number of furan rings is 2. The maximum atomic E-state index is 6.66. The van der Waals surface area contributed by atoms with Gasteiger partial charge in [-0.05, 0) is 76.3 Å². The average molecular weight is 737 g/mol. The van der Waals surface area contributed by atoms with Gasteiger partial charge in [0.15, 0.2) is 0 Å². The molecule has 1 saturated heterocycles. The van der Waals surface area contributed by atoms with E-state index in [2.05, 4.69) is 203 Å². The fourth-order valence-corrected chi connectivity index (χ4v) is 9.16. The van der Waals surface area contributed by atoms with Gasteiger partial charge in [-0.3, -0.25) is 16.0 Å². The zero-order valence-corrected chi connectivity index (χ0v) is 30.8. The van der Waals surface area contributed by atoms with Crippen LogP contribution in [0.4, 0.5) is 0 Å². The number of hydrogen-bond donors (Lipinski definition) is 3. The molecule has 1 aliphatic rings. The Kier molecular flexibility index (Phi) is 7.25. The lowest BCUT2D eigenvalue weighted by Gasteiger charge is -2.39. The zero-order valence-electron chi connectivity index (χ0n) is 30.8. The molecule has 0 aliphatic carbocycles. The Morgan fingerprint density at radius 1 is 0.386 bits per heavy atom. The van der Waals surface area contributed by atoms with Crippen LogP contribution in [0.15, 0.2) is 191 Å². The zero-order chi connectivity index (χ0) is 37.5. The molecule has 2 atom stereocenters. The molecule has 1 fully saturated rings. The standard InChI is InChI=1S/C51H36N4O2/c1-3-13-31(14-4-1)49-52-50(32-15-5-2-6-16-32)54-51(53-49)39-20-12-24-45-48(39)40-29-33(25-28-43(40)56-45)35-19-11-23-44-47(35)38-27-26-34(30-46(38)57-44)55-41-21-9-7-17-36(41)37-18-8-10-22-42(37)55/h1-30,49-54H. The van der Waals surface area contributed by atoms with Gasteiger partial charge >= 0.3 is 0 Å². The van der Waals surface area contributed by atoms with Crippen molar-refractivity contribution in [2.75, 3.05) is 0 Å². The number of benzene rings is 8. The normalized spacial score (nSPS) is 17.4. The third kappa shape index (κ3) is 5.16. The molecule has 2 unspecified atom stereocenters. The molecule has 57 heavy (non-hydrogen) atoms. The van der Waals surface area contributed by atoms with Gasteiger partial charge < -0.3 is 13.4 Å². The highest BCUT2D eigenvalue weighted by Gasteiger charge is 2.31. The Balaban J connectivity index is 0.985. The summed E-state index contributed by atoms with van der Waals surface area (Å²) in [4.78, 5) is 0. The largest absolute Gasteiger partial charge is 0.456 e. The topological polar surface area (TPSA) is 67.3 Å². The molecule has 0 bridgehead atoms. The maximum absolute atomic E-state index is 6.66. The van der Waals surface area contributed by atoms with E-state index in [0.29, 0.717) is 0 Å². The van der Waals surface area contributed by atoms with E-state index in [-0.39, 0.29) is 18.5 Å². The first kappa shape index (κ1) is 32.3. The highest BCUT2D eigenvalue weighted by Crippen LogP contribution is 2.42. The lowest BCUT2D eigenvalue weighted by atomic mass is 9.96. The van der Waals surface area contributed by atoms with Crippen LogP contribution in [0.2, 0.25) is 0 Å². The molecule has 0 spiro atoms. The molecular formula is C51H36N4O2. The number of hydrogen-bond acceptors (Lipinski definition) is 5. The van der Waals surface area contributed by atoms with Gasteiger partial charge in [0.05, 0.1) is 29.5 Å². The number of rotatable bonds is 5. The van der Waals surface area contributed by atoms with E-state index in [1.54, 1.807) is 0 Å². The van der Waals surface area contributed by atoms with Gasteiger partial charge in [0.2, 0.25) is 0 Å². The molecule has 12 rings (SSSR count). The fourth-order valence-electron chi connectivity index (χ4n) is 9.16. The summed E-state index contributed by atoms with van der Waals surface area (Å²) >= 11 is 0. The quantitative estimate of drug-likeness (QED) is 0.164. The van der Waals surface area contributed by atoms with E-state index >= 15 is 0 Å². The summed E-state index contributed by atoms with van der Waals surface area (Å²) in [6, 6.07) is 64.3. The molecule has 6 nitrogen and oxygen atoms in total. The Hall–Kier alpha value is -6.96. The van der Waals surface area contributed by atoms with Crippen molar-refractivity contribution in [2.45, 2.75) is 18.5 Å². The molecule has 11 aromatic rings. The minimum atomic E-state index is -0.167. The van der Waals surface area contributed by atoms with Crippen molar-refractivity contribution in [3.8, 4) is 16.8 Å². The molecule has 6 heteroatoms. The Morgan fingerprint density at radius 2 is 0.982 bits per heavy atom. The van der Waals surface area contributed by atoms with Gasteiger partial charge in [0.1, 0.15) is 22.3 Å². The third-order valence-corrected chi connectivity index (χ3v) is 11.7. The Bertz CT molecular complexity index is 3210. The molecular weight excluding hydrogens is 701 g/mol. The van der Waals surface area contributed by atoms with Crippen LogP contribution in [0.3, 0.4) is 0 Å². The van der Waals surface area contributed by atoms with Crippen molar-refractivity contribution < 1.29 is 8.83 Å². The minimum Gasteiger partial charge on any atom is -0.456 e. The van der Waals surface area contributed by atoms with Crippen LogP contribution in [0.1, 0.15) is 35.2 Å². The van der Waals surface area contributed by atoms with Crippen molar-refractivity contribution in [2.24, 2.45) is 0 Å². The molecule has 3 N–H and O–H groups in total. The van der Waals surface area contributed by atoms with E-state index < -0.39 is 0 Å². The molecule has 8 aromatic carbocycles. The van der Waals surface area contributed by atoms with Gasteiger partial charge in [-0.1, -0.05) is 127 Å². The lowest BCUT2D eigenvalue weighted by Crippen LogP contribution is -2.54. The maximum Gasteiger partial charge on any atom is 0.137 e. The minimum absolute atomic E-state index is 0.0749. The number of nitrogens with zero attached hydrogens (tertiary/aromatic N) is 1. The van der Waals surface area contributed by atoms with Crippen molar-refractivity contribution in [3.05, 3.63) is 199 Å². The Morgan fingerprint density at radius 3 is 1.68 bits per heavy atom. The summed E-state index contributed by atoms with van der Waals surface area (Å²) in [6.07, 6.45) is -0.317. The second kappa shape index (κ2) is 12.8. The highest BCUT2D eigenvalue weighted by molar-refractivity contribution is 6.15. The van der Waals surface area contributed by atoms with Crippen LogP contribution < -0.4 is 16.0 Å². The number of fused-ring (bicyclic) bond motifs is 9. The van der Waals surface area contributed by atoms with E-state index in [4.69, 9.17) is 8.83 Å². The van der Waals surface area contributed by atoms with Crippen molar-refractivity contribution in [3.63, 3.8) is 0 Å². The smallest absolute Gasteiger partial charge is 0.137 e. The molecule has 0 radical (unpaired) electrons. The lowest BCUT2D eigenvalue weighted by molar-refractivity contribution is 0.204. The summed E-state index contributed by atoms with van der Waals surface area (Å²) in [7, 11) is 0. The highest BCUT2D eigenvalue weighted by atomic mass is 16.3. The summed E-state index contributed by atoms with van der Waals surface area (Å²) in [5.74, 6) is 0. The molecule has 0 saturated carbocycles. The number of para-hydroxylation sites is 2. The monoisotopic (exact) mass is 736 g/mol. The third-order valence-electron chi connectivity index (χ3n) is 11.7. The van der Waals surface area contributed by atoms with Gasteiger partial charge in [-0.25, -0.2) is 0 Å². The molecule has 4 heterocycles. The van der Waals surface area contributed by atoms with E-state index in [1.165, 1.54) is 32.9 Å². The summed E-state index contributed by atoms with van der Waals surface area (Å²) in [6.45, 7) is 0.